The van der Waals surface area contributed by atoms with Crippen LogP contribution in [0.1, 0.15) is 20.9 Å². The van der Waals surface area contributed by atoms with Gasteiger partial charge in [0.05, 0.1) is 12.1 Å². The number of carboxylic acid groups (broad SMARTS) is 1. The van der Waals surface area contributed by atoms with Gasteiger partial charge >= 0.3 is 5.97 Å². The molecule has 0 atom stereocenters. The number of carbonyl (C=O) groups excluding carboxylic acids is 1. The second-order valence-corrected chi connectivity index (χ2v) is 4.67. The summed E-state index contributed by atoms with van der Waals surface area (Å²) in [6, 6.07) is 6.73. The van der Waals surface area contributed by atoms with Gasteiger partial charge < -0.3 is 10.4 Å². The first-order valence-electron chi connectivity index (χ1n) is 5.47. The molecule has 1 amide bonds. The number of anilines is 1. The van der Waals surface area contributed by atoms with Crippen molar-refractivity contribution in [2.45, 2.75) is 13.3 Å². The summed E-state index contributed by atoms with van der Waals surface area (Å²) >= 11 is 1.02. The molecule has 1 heterocycles. The van der Waals surface area contributed by atoms with Crippen molar-refractivity contribution in [2.24, 2.45) is 0 Å². The van der Waals surface area contributed by atoms with E-state index in [1.165, 1.54) is 0 Å². The Bertz CT molecular complexity index is 624. The average Bonchev–Trinajstić information content (AvgIpc) is 2.75. The number of rotatable bonds is 4. The Morgan fingerprint density at radius 3 is 2.84 bits per heavy atom. The summed E-state index contributed by atoms with van der Waals surface area (Å²) < 4.78 is 3.69. The molecule has 0 saturated heterocycles. The van der Waals surface area contributed by atoms with Crippen LogP contribution in [0.3, 0.4) is 0 Å². The standard InChI is InChI=1S/C12H11N3O3S/c1-7-11(19-15-14-7)12(18)13-9-4-2-3-8(5-9)6-10(16)17/h2-5H,6H2,1H3,(H,13,18)(H,16,17). The fourth-order valence-electron chi connectivity index (χ4n) is 1.56. The lowest BCUT2D eigenvalue weighted by Gasteiger charge is -2.05. The number of nitrogens with one attached hydrogen (secondary N) is 1. The first-order valence-corrected chi connectivity index (χ1v) is 6.24. The Labute approximate surface area is 113 Å². The Kier molecular flexibility index (Phi) is 3.86. The molecular weight excluding hydrogens is 266 g/mol. The predicted molar refractivity (Wildman–Crippen MR) is 70.4 cm³/mol. The zero-order valence-corrected chi connectivity index (χ0v) is 10.9. The zero-order chi connectivity index (χ0) is 13.8. The largest absolute Gasteiger partial charge is 0.481 e. The van der Waals surface area contributed by atoms with E-state index in [2.05, 4.69) is 14.9 Å². The predicted octanol–water partition coefficient (Wildman–Crippen LogP) is 1.73. The number of amides is 1. The Morgan fingerprint density at radius 2 is 2.21 bits per heavy atom. The number of hydrogen-bond acceptors (Lipinski definition) is 5. The fourth-order valence-corrected chi connectivity index (χ4v) is 2.11. The summed E-state index contributed by atoms with van der Waals surface area (Å²) in [5.41, 5.74) is 1.75. The molecule has 0 aliphatic rings. The van der Waals surface area contributed by atoms with Crippen LogP contribution >= 0.6 is 11.5 Å². The van der Waals surface area contributed by atoms with E-state index in [0.29, 0.717) is 21.8 Å². The molecule has 0 bridgehead atoms. The van der Waals surface area contributed by atoms with Gasteiger partial charge in [0, 0.05) is 5.69 Å². The van der Waals surface area contributed by atoms with E-state index in [0.717, 1.165) is 11.5 Å². The molecule has 6 nitrogen and oxygen atoms in total. The Hall–Kier alpha value is -2.28. The van der Waals surface area contributed by atoms with E-state index in [4.69, 9.17) is 5.11 Å². The van der Waals surface area contributed by atoms with Crippen LogP contribution in [0.4, 0.5) is 5.69 Å². The molecule has 0 aliphatic heterocycles. The summed E-state index contributed by atoms with van der Waals surface area (Å²) in [4.78, 5) is 23.0. The molecule has 98 valence electrons. The van der Waals surface area contributed by atoms with E-state index in [1.807, 2.05) is 0 Å². The van der Waals surface area contributed by atoms with Gasteiger partial charge in [-0.3, -0.25) is 9.59 Å². The summed E-state index contributed by atoms with van der Waals surface area (Å²) in [5, 5.41) is 15.2. The minimum absolute atomic E-state index is 0.0785. The highest BCUT2D eigenvalue weighted by atomic mass is 32.1. The van der Waals surface area contributed by atoms with E-state index in [-0.39, 0.29) is 12.3 Å². The van der Waals surface area contributed by atoms with Crippen molar-refractivity contribution in [3.8, 4) is 0 Å². The van der Waals surface area contributed by atoms with Crippen LogP contribution in [0.5, 0.6) is 0 Å². The maximum atomic E-state index is 11.9. The molecule has 1 aromatic heterocycles. The molecule has 19 heavy (non-hydrogen) atoms. The van der Waals surface area contributed by atoms with Crippen molar-refractivity contribution in [3.63, 3.8) is 0 Å². The summed E-state index contributed by atoms with van der Waals surface area (Å²) in [7, 11) is 0. The Balaban J connectivity index is 2.13. The van der Waals surface area contributed by atoms with Gasteiger partial charge in [-0.05, 0) is 36.2 Å². The van der Waals surface area contributed by atoms with Crippen LogP contribution < -0.4 is 5.32 Å². The minimum Gasteiger partial charge on any atom is -0.481 e. The molecule has 0 unspecified atom stereocenters. The average molecular weight is 277 g/mol. The topological polar surface area (TPSA) is 92.2 Å². The number of hydrogen-bond donors (Lipinski definition) is 2. The highest BCUT2D eigenvalue weighted by Gasteiger charge is 2.13. The molecule has 1 aromatic carbocycles. The van der Waals surface area contributed by atoms with Crippen molar-refractivity contribution in [2.75, 3.05) is 5.32 Å². The van der Waals surface area contributed by atoms with Crippen molar-refractivity contribution in [1.82, 2.24) is 9.59 Å². The maximum absolute atomic E-state index is 11.9. The summed E-state index contributed by atoms with van der Waals surface area (Å²) in [6.45, 7) is 1.71. The SMILES string of the molecule is Cc1nnsc1C(=O)Nc1cccc(CC(=O)O)c1. The van der Waals surface area contributed by atoms with E-state index in [9.17, 15) is 9.59 Å². The van der Waals surface area contributed by atoms with Gasteiger partial charge in [0.25, 0.3) is 5.91 Å². The molecule has 0 spiro atoms. The maximum Gasteiger partial charge on any atom is 0.307 e. The zero-order valence-electron chi connectivity index (χ0n) is 10.1. The van der Waals surface area contributed by atoms with Crippen LogP contribution in [0.2, 0.25) is 0 Å². The number of aliphatic carboxylic acids is 1. The summed E-state index contributed by atoms with van der Waals surface area (Å²) in [5.74, 6) is -1.20. The van der Waals surface area contributed by atoms with Crippen molar-refractivity contribution in [3.05, 3.63) is 40.4 Å². The second kappa shape index (κ2) is 5.57. The molecule has 2 aromatic rings. The highest BCUT2D eigenvalue weighted by Crippen LogP contribution is 2.15. The molecule has 2 N–H and O–H groups in total. The van der Waals surface area contributed by atoms with Crippen LogP contribution in [0.15, 0.2) is 24.3 Å². The fraction of sp³-hybridized carbons (Fsp3) is 0.167. The second-order valence-electron chi connectivity index (χ2n) is 3.91. The molecule has 0 aliphatic carbocycles. The lowest BCUT2D eigenvalue weighted by molar-refractivity contribution is -0.136. The lowest BCUT2D eigenvalue weighted by atomic mass is 10.1. The van der Waals surface area contributed by atoms with E-state index >= 15 is 0 Å². The number of nitrogens with zero attached hydrogens (tertiary/aromatic N) is 2. The van der Waals surface area contributed by atoms with E-state index < -0.39 is 5.97 Å². The smallest absolute Gasteiger partial charge is 0.307 e. The van der Waals surface area contributed by atoms with Gasteiger partial charge in [0.2, 0.25) is 0 Å². The van der Waals surface area contributed by atoms with Crippen molar-refractivity contribution >= 4 is 29.1 Å². The van der Waals surface area contributed by atoms with Crippen molar-refractivity contribution in [1.29, 1.82) is 0 Å². The minimum atomic E-state index is -0.911. The van der Waals surface area contributed by atoms with E-state index in [1.54, 1.807) is 31.2 Å². The van der Waals surface area contributed by atoms with Crippen LogP contribution in [-0.2, 0) is 11.2 Å². The molecule has 7 heteroatoms. The van der Waals surface area contributed by atoms with Gasteiger partial charge in [-0.1, -0.05) is 16.6 Å². The number of aryl methyl sites for hydroxylation is 1. The highest BCUT2D eigenvalue weighted by molar-refractivity contribution is 7.08. The number of carbonyl (C=O) groups is 2. The molecule has 2 rings (SSSR count). The van der Waals surface area contributed by atoms with Gasteiger partial charge in [-0.25, -0.2) is 0 Å². The first-order chi connectivity index (χ1) is 9.06. The van der Waals surface area contributed by atoms with Gasteiger partial charge in [0.1, 0.15) is 4.88 Å². The monoisotopic (exact) mass is 277 g/mol. The number of aromatic nitrogens is 2. The summed E-state index contributed by atoms with van der Waals surface area (Å²) in [6.07, 6.45) is -0.0785. The van der Waals surface area contributed by atoms with Crippen LogP contribution in [0, 0.1) is 6.92 Å². The van der Waals surface area contributed by atoms with Crippen LogP contribution in [0.25, 0.3) is 0 Å². The van der Waals surface area contributed by atoms with Gasteiger partial charge in [0.15, 0.2) is 0 Å². The molecule has 0 radical (unpaired) electrons. The number of benzene rings is 1. The van der Waals surface area contributed by atoms with Crippen molar-refractivity contribution < 1.29 is 14.7 Å². The van der Waals surface area contributed by atoms with Gasteiger partial charge in [-0.15, -0.1) is 5.10 Å². The molecule has 0 fully saturated rings. The lowest BCUT2D eigenvalue weighted by Crippen LogP contribution is -2.12. The number of carboxylic acids is 1. The van der Waals surface area contributed by atoms with Gasteiger partial charge in [-0.2, -0.15) is 0 Å². The Morgan fingerprint density at radius 1 is 1.42 bits per heavy atom. The third-order valence-corrected chi connectivity index (χ3v) is 3.22. The molecular formula is C12H11N3O3S. The third-order valence-electron chi connectivity index (χ3n) is 2.40. The first kappa shape index (κ1) is 13.2. The van der Waals surface area contributed by atoms with Crippen LogP contribution in [-0.4, -0.2) is 26.6 Å². The quantitative estimate of drug-likeness (QED) is 0.887. The molecule has 0 saturated carbocycles. The third kappa shape index (κ3) is 3.35. The normalized spacial score (nSPS) is 10.2.